The van der Waals surface area contributed by atoms with Gasteiger partial charge in [-0.15, -0.1) is 0 Å². The molecule has 2 aromatic rings. The summed E-state index contributed by atoms with van der Waals surface area (Å²) in [6.07, 6.45) is 2.36. The highest BCUT2D eigenvalue weighted by Crippen LogP contribution is 2.32. The number of hydrogen-bond donors (Lipinski definition) is 1. The molecule has 0 fully saturated rings. The Balaban J connectivity index is 2.43. The number of aryl methyl sites for hydroxylation is 2. The zero-order chi connectivity index (χ0) is 15.6. The van der Waals surface area contributed by atoms with E-state index in [2.05, 4.69) is 10.4 Å². The maximum Gasteiger partial charge on any atom is 0.299 e. The SMILES string of the molecule is CCc1nn(C)cc1Nc1ccc([N+](=O)[O-])cc1[N+](=O)[O-]. The van der Waals surface area contributed by atoms with E-state index in [9.17, 15) is 20.2 Å². The normalized spacial score (nSPS) is 10.4. The Morgan fingerprint density at radius 2 is 1.95 bits per heavy atom. The Morgan fingerprint density at radius 3 is 2.52 bits per heavy atom. The molecule has 0 saturated heterocycles. The van der Waals surface area contributed by atoms with Crippen LogP contribution in [-0.2, 0) is 13.5 Å². The molecule has 9 nitrogen and oxygen atoms in total. The average Bonchev–Trinajstić information content (AvgIpc) is 2.78. The minimum atomic E-state index is -0.668. The molecular formula is C12H13N5O4. The number of nitro groups is 2. The summed E-state index contributed by atoms with van der Waals surface area (Å²) in [5, 5.41) is 28.9. The van der Waals surface area contributed by atoms with Crippen molar-refractivity contribution >= 4 is 22.7 Å². The molecule has 0 aliphatic heterocycles. The van der Waals surface area contributed by atoms with Gasteiger partial charge >= 0.3 is 0 Å². The lowest BCUT2D eigenvalue weighted by Gasteiger charge is -2.06. The number of rotatable bonds is 5. The summed E-state index contributed by atoms with van der Waals surface area (Å²) >= 11 is 0. The van der Waals surface area contributed by atoms with Crippen molar-refractivity contribution in [2.45, 2.75) is 13.3 Å². The lowest BCUT2D eigenvalue weighted by atomic mass is 10.2. The molecule has 1 aromatic heterocycles. The summed E-state index contributed by atoms with van der Waals surface area (Å²) in [5.41, 5.74) is 0.902. The molecule has 0 aliphatic carbocycles. The molecule has 0 atom stereocenters. The summed E-state index contributed by atoms with van der Waals surface area (Å²) in [6.45, 7) is 1.91. The van der Waals surface area contributed by atoms with Gasteiger partial charge < -0.3 is 5.32 Å². The number of nitro benzene ring substituents is 2. The molecule has 0 amide bonds. The molecule has 1 heterocycles. The standard InChI is InChI=1S/C12H13N5O4/c1-3-9-11(7-15(2)14-9)13-10-5-4-8(16(18)19)6-12(10)17(20)21/h4-7,13H,3H2,1-2H3. The van der Waals surface area contributed by atoms with Crippen LogP contribution in [0.4, 0.5) is 22.7 Å². The van der Waals surface area contributed by atoms with Gasteiger partial charge in [-0.2, -0.15) is 5.10 Å². The molecule has 1 N–H and O–H groups in total. The van der Waals surface area contributed by atoms with Gasteiger partial charge in [0.25, 0.3) is 11.4 Å². The van der Waals surface area contributed by atoms with Crippen molar-refractivity contribution in [1.82, 2.24) is 9.78 Å². The van der Waals surface area contributed by atoms with E-state index in [0.29, 0.717) is 12.1 Å². The van der Waals surface area contributed by atoms with Gasteiger partial charge in [0.05, 0.1) is 27.3 Å². The van der Waals surface area contributed by atoms with Gasteiger partial charge in [0.15, 0.2) is 0 Å². The van der Waals surface area contributed by atoms with Crippen LogP contribution in [0.2, 0.25) is 0 Å². The molecular weight excluding hydrogens is 278 g/mol. The molecule has 1 aromatic carbocycles. The maximum absolute atomic E-state index is 11.1. The molecule has 0 aliphatic rings. The largest absolute Gasteiger partial charge is 0.347 e. The molecule has 0 saturated carbocycles. The van der Waals surface area contributed by atoms with Crippen molar-refractivity contribution in [3.05, 3.63) is 50.3 Å². The van der Waals surface area contributed by atoms with Crippen LogP contribution < -0.4 is 5.32 Å². The van der Waals surface area contributed by atoms with Gasteiger partial charge in [0.1, 0.15) is 5.69 Å². The van der Waals surface area contributed by atoms with Crippen LogP contribution in [-0.4, -0.2) is 19.6 Å². The molecule has 21 heavy (non-hydrogen) atoms. The topological polar surface area (TPSA) is 116 Å². The molecule has 0 spiro atoms. The third-order valence-electron chi connectivity index (χ3n) is 2.90. The smallest absolute Gasteiger partial charge is 0.299 e. The van der Waals surface area contributed by atoms with Crippen molar-refractivity contribution in [2.24, 2.45) is 7.05 Å². The van der Waals surface area contributed by atoms with E-state index in [1.807, 2.05) is 6.92 Å². The fourth-order valence-electron chi connectivity index (χ4n) is 1.94. The van der Waals surface area contributed by atoms with Crippen molar-refractivity contribution in [3.8, 4) is 0 Å². The Labute approximate surface area is 119 Å². The van der Waals surface area contributed by atoms with Crippen LogP contribution in [0.15, 0.2) is 24.4 Å². The maximum atomic E-state index is 11.1. The number of anilines is 2. The van der Waals surface area contributed by atoms with Crippen LogP contribution in [0.5, 0.6) is 0 Å². The second-order valence-corrected chi connectivity index (χ2v) is 4.36. The predicted molar refractivity (Wildman–Crippen MR) is 75.6 cm³/mol. The second-order valence-electron chi connectivity index (χ2n) is 4.36. The number of aromatic nitrogens is 2. The first-order valence-corrected chi connectivity index (χ1v) is 6.14. The van der Waals surface area contributed by atoms with Crippen LogP contribution in [0.25, 0.3) is 0 Å². The summed E-state index contributed by atoms with van der Waals surface area (Å²) in [6, 6.07) is 3.48. The second kappa shape index (κ2) is 5.57. The van der Waals surface area contributed by atoms with Gasteiger partial charge in [0.2, 0.25) is 0 Å². The quantitative estimate of drug-likeness (QED) is 0.668. The highest BCUT2D eigenvalue weighted by molar-refractivity contribution is 5.72. The van der Waals surface area contributed by atoms with E-state index in [4.69, 9.17) is 0 Å². The van der Waals surface area contributed by atoms with Gasteiger partial charge in [-0.25, -0.2) is 0 Å². The third kappa shape index (κ3) is 2.96. The van der Waals surface area contributed by atoms with Gasteiger partial charge in [-0.05, 0) is 12.5 Å². The first-order valence-electron chi connectivity index (χ1n) is 6.14. The lowest BCUT2D eigenvalue weighted by Crippen LogP contribution is -1.99. The lowest BCUT2D eigenvalue weighted by molar-refractivity contribution is -0.393. The van der Waals surface area contributed by atoms with E-state index < -0.39 is 9.85 Å². The monoisotopic (exact) mass is 291 g/mol. The molecule has 0 bridgehead atoms. The van der Waals surface area contributed by atoms with Gasteiger partial charge in [-0.1, -0.05) is 6.92 Å². The number of non-ortho nitro benzene ring substituents is 1. The minimum Gasteiger partial charge on any atom is -0.347 e. The Kier molecular flexibility index (Phi) is 3.83. The number of benzene rings is 1. The molecule has 9 heteroatoms. The molecule has 0 unspecified atom stereocenters. The average molecular weight is 291 g/mol. The van der Waals surface area contributed by atoms with Crippen LogP contribution in [0.3, 0.4) is 0 Å². The number of hydrogen-bond acceptors (Lipinski definition) is 6. The summed E-state index contributed by atoms with van der Waals surface area (Å²) in [4.78, 5) is 20.4. The van der Waals surface area contributed by atoms with Gasteiger partial charge in [0, 0.05) is 19.3 Å². The first kappa shape index (κ1) is 14.4. The molecule has 110 valence electrons. The first-order chi connectivity index (χ1) is 9.92. The summed E-state index contributed by atoms with van der Waals surface area (Å²) in [5.74, 6) is 0. The van der Waals surface area contributed by atoms with E-state index >= 15 is 0 Å². The molecule has 2 rings (SSSR count). The van der Waals surface area contributed by atoms with Crippen molar-refractivity contribution in [2.75, 3.05) is 5.32 Å². The Morgan fingerprint density at radius 1 is 1.24 bits per heavy atom. The zero-order valence-electron chi connectivity index (χ0n) is 11.4. The van der Waals surface area contributed by atoms with E-state index in [1.54, 1.807) is 17.9 Å². The predicted octanol–water partition coefficient (Wildman–Crippen LogP) is 2.54. The van der Waals surface area contributed by atoms with E-state index in [1.165, 1.54) is 12.1 Å². The van der Waals surface area contributed by atoms with Crippen molar-refractivity contribution in [3.63, 3.8) is 0 Å². The van der Waals surface area contributed by atoms with Crippen molar-refractivity contribution in [1.29, 1.82) is 0 Å². The Bertz CT molecular complexity index is 710. The third-order valence-corrected chi connectivity index (χ3v) is 2.90. The summed E-state index contributed by atoms with van der Waals surface area (Å²) in [7, 11) is 1.74. The highest BCUT2D eigenvalue weighted by atomic mass is 16.6. The van der Waals surface area contributed by atoms with Crippen LogP contribution >= 0.6 is 0 Å². The zero-order valence-corrected chi connectivity index (χ0v) is 11.4. The number of nitrogens with one attached hydrogen (secondary N) is 1. The van der Waals surface area contributed by atoms with Gasteiger partial charge in [-0.3, -0.25) is 24.9 Å². The fourth-order valence-corrected chi connectivity index (χ4v) is 1.94. The number of nitrogens with zero attached hydrogens (tertiary/aromatic N) is 4. The van der Waals surface area contributed by atoms with Crippen LogP contribution in [0.1, 0.15) is 12.6 Å². The van der Waals surface area contributed by atoms with Crippen molar-refractivity contribution < 1.29 is 9.85 Å². The molecule has 0 radical (unpaired) electrons. The Hall–Kier alpha value is -2.97. The fraction of sp³-hybridized carbons (Fsp3) is 0.250. The summed E-state index contributed by atoms with van der Waals surface area (Å²) < 4.78 is 1.60. The highest BCUT2D eigenvalue weighted by Gasteiger charge is 2.20. The van der Waals surface area contributed by atoms with E-state index in [0.717, 1.165) is 11.8 Å². The van der Waals surface area contributed by atoms with Crippen LogP contribution in [0, 0.1) is 20.2 Å². The van der Waals surface area contributed by atoms with E-state index in [-0.39, 0.29) is 17.1 Å². The minimum absolute atomic E-state index is 0.188.